The molecule has 0 aliphatic carbocycles. The first-order valence-corrected chi connectivity index (χ1v) is 7.79. The zero-order valence-electron chi connectivity index (χ0n) is 13.3. The first kappa shape index (κ1) is 15.0. The third-order valence-corrected chi connectivity index (χ3v) is 4.25. The third kappa shape index (κ3) is 3.62. The number of aromatic nitrogens is 4. The summed E-state index contributed by atoms with van der Waals surface area (Å²) in [6, 6.07) is 0.427. The van der Waals surface area contributed by atoms with Crippen LogP contribution in [-0.4, -0.2) is 44.6 Å². The highest BCUT2D eigenvalue weighted by molar-refractivity contribution is 5.07. The number of ether oxygens (including phenoxy) is 1. The van der Waals surface area contributed by atoms with Gasteiger partial charge >= 0.3 is 6.01 Å². The van der Waals surface area contributed by atoms with Crippen molar-refractivity contribution in [1.82, 2.24) is 24.4 Å². The lowest BCUT2D eigenvalue weighted by atomic mass is 9.97. The minimum Gasteiger partial charge on any atom is -0.467 e. The summed E-state index contributed by atoms with van der Waals surface area (Å²) in [7, 11) is 1.59. The first-order valence-electron chi connectivity index (χ1n) is 7.79. The summed E-state index contributed by atoms with van der Waals surface area (Å²) < 4.78 is 7.26. The largest absolute Gasteiger partial charge is 0.467 e. The highest BCUT2D eigenvalue weighted by Crippen LogP contribution is 2.20. The predicted octanol–water partition coefficient (Wildman–Crippen LogP) is 1.90. The molecule has 1 aliphatic heterocycles. The van der Waals surface area contributed by atoms with E-state index < -0.39 is 0 Å². The topological polar surface area (TPSA) is 56.1 Å². The van der Waals surface area contributed by atoms with Gasteiger partial charge in [0.15, 0.2) is 0 Å². The number of rotatable bonds is 5. The Bertz CT molecular complexity index is 595. The van der Waals surface area contributed by atoms with Crippen LogP contribution in [0.2, 0.25) is 0 Å². The first-order chi connectivity index (χ1) is 10.7. The number of hydrogen-bond donors (Lipinski definition) is 0. The summed E-state index contributed by atoms with van der Waals surface area (Å²) in [6.45, 7) is 6.29. The molecule has 0 radical (unpaired) electrons. The maximum Gasteiger partial charge on any atom is 0.316 e. The molecule has 1 aliphatic rings. The van der Waals surface area contributed by atoms with Crippen LogP contribution in [0.3, 0.4) is 0 Å². The third-order valence-electron chi connectivity index (χ3n) is 4.25. The van der Waals surface area contributed by atoms with Gasteiger partial charge in [0.25, 0.3) is 0 Å². The average molecular weight is 301 g/mol. The van der Waals surface area contributed by atoms with Crippen LogP contribution in [0.25, 0.3) is 0 Å². The van der Waals surface area contributed by atoms with Gasteiger partial charge in [-0.25, -0.2) is 15.0 Å². The lowest BCUT2D eigenvalue weighted by Gasteiger charge is -2.33. The molecule has 1 atom stereocenters. The van der Waals surface area contributed by atoms with Gasteiger partial charge in [0.2, 0.25) is 0 Å². The lowest BCUT2D eigenvalue weighted by molar-refractivity contribution is 0.155. The van der Waals surface area contributed by atoms with E-state index in [1.807, 2.05) is 18.6 Å². The van der Waals surface area contributed by atoms with E-state index in [9.17, 15) is 0 Å². The molecule has 2 aromatic heterocycles. The number of likely N-dealkylation sites (tertiary alicyclic amines) is 1. The van der Waals surface area contributed by atoms with E-state index >= 15 is 0 Å². The van der Waals surface area contributed by atoms with Crippen molar-refractivity contribution in [3.05, 3.63) is 36.2 Å². The molecule has 0 unspecified atom stereocenters. The smallest absolute Gasteiger partial charge is 0.316 e. The molecule has 0 aromatic carbocycles. The zero-order valence-corrected chi connectivity index (χ0v) is 13.3. The van der Waals surface area contributed by atoms with Crippen molar-refractivity contribution in [2.75, 3.05) is 20.2 Å². The Kier molecular flexibility index (Phi) is 4.68. The van der Waals surface area contributed by atoms with Gasteiger partial charge in [-0.15, -0.1) is 0 Å². The van der Waals surface area contributed by atoms with Crippen molar-refractivity contribution < 1.29 is 4.74 Å². The molecular weight excluding hydrogens is 278 g/mol. The zero-order chi connectivity index (χ0) is 15.4. The van der Waals surface area contributed by atoms with E-state index in [1.54, 1.807) is 7.11 Å². The van der Waals surface area contributed by atoms with Crippen LogP contribution in [-0.2, 0) is 13.1 Å². The summed E-state index contributed by atoms with van der Waals surface area (Å²) in [6.07, 6.45) is 10.2. The Morgan fingerprint density at radius 2 is 2.09 bits per heavy atom. The van der Waals surface area contributed by atoms with Gasteiger partial charge in [0.1, 0.15) is 5.82 Å². The second-order valence-corrected chi connectivity index (χ2v) is 5.95. The molecule has 6 heteroatoms. The monoisotopic (exact) mass is 301 g/mol. The second-order valence-electron chi connectivity index (χ2n) is 5.95. The molecule has 22 heavy (non-hydrogen) atoms. The Morgan fingerprint density at radius 1 is 1.27 bits per heavy atom. The van der Waals surface area contributed by atoms with Crippen LogP contribution < -0.4 is 4.74 Å². The second kappa shape index (κ2) is 6.87. The van der Waals surface area contributed by atoms with Gasteiger partial charge in [-0.2, -0.15) is 0 Å². The van der Waals surface area contributed by atoms with Crippen molar-refractivity contribution in [3.63, 3.8) is 0 Å². The fraction of sp³-hybridized carbons (Fsp3) is 0.562. The average Bonchev–Trinajstić information content (AvgIpc) is 2.94. The Labute approximate surface area is 131 Å². The van der Waals surface area contributed by atoms with Gasteiger partial charge < -0.3 is 9.30 Å². The highest BCUT2D eigenvalue weighted by Gasteiger charge is 2.21. The number of piperidine rings is 1. The summed E-state index contributed by atoms with van der Waals surface area (Å²) in [5.74, 6) is 1.78. The van der Waals surface area contributed by atoms with Gasteiger partial charge in [-0.05, 0) is 32.2 Å². The van der Waals surface area contributed by atoms with Crippen molar-refractivity contribution in [2.24, 2.45) is 5.92 Å². The number of imidazole rings is 1. The van der Waals surface area contributed by atoms with Crippen LogP contribution in [0.5, 0.6) is 6.01 Å². The van der Waals surface area contributed by atoms with Crippen molar-refractivity contribution in [1.29, 1.82) is 0 Å². The van der Waals surface area contributed by atoms with Crippen LogP contribution in [0.4, 0.5) is 0 Å². The molecule has 0 saturated carbocycles. The van der Waals surface area contributed by atoms with E-state index in [0.29, 0.717) is 11.9 Å². The molecule has 1 fully saturated rings. The fourth-order valence-electron chi connectivity index (χ4n) is 3.11. The molecular formula is C16H23N5O. The van der Waals surface area contributed by atoms with E-state index in [4.69, 9.17) is 4.74 Å². The van der Waals surface area contributed by atoms with Gasteiger partial charge in [0.05, 0.1) is 7.11 Å². The molecule has 2 aromatic rings. The number of methoxy groups -OCH3 is 1. The molecule has 0 N–H and O–H groups in total. The minimum atomic E-state index is 0.427. The van der Waals surface area contributed by atoms with E-state index in [1.165, 1.54) is 12.8 Å². The van der Waals surface area contributed by atoms with E-state index in [-0.39, 0.29) is 0 Å². The molecule has 0 amide bonds. The maximum atomic E-state index is 5.00. The van der Waals surface area contributed by atoms with Crippen LogP contribution in [0.15, 0.2) is 24.8 Å². The Hall–Kier alpha value is -1.95. The predicted molar refractivity (Wildman–Crippen MR) is 83.5 cm³/mol. The van der Waals surface area contributed by atoms with Crippen LogP contribution >= 0.6 is 0 Å². The van der Waals surface area contributed by atoms with E-state index in [0.717, 1.165) is 37.6 Å². The normalized spacial score (nSPS) is 19.3. The SMILES string of the molecule is COc1ncc(CN2CCC[C@H](Cn3ccnc3C)C2)cn1. The molecule has 0 bridgehead atoms. The quantitative estimate of drug-likeness (QED) is 0.844. The van der Waals surface area contributed by atoms with Gasteiger partial charge in [-0.3, -0.25) is 4.90 Å². The summed E-state index contributed by atoms with van der Waals surface area (Å²) >= 11 is 0. The van der Waals surface area contributed by atoms with Gasteiger partial charge in [-0.1, -0.05) is 0 Å². The van der Waals surface area contributed by atoms with Crippen molar-refractivity contribution in [3.8, 4) is 6.01 Å². The Balaban J connectivity index is 1.57. The highest BCUT2D eigenvalue weighted by atomic mass is 16.5. The number of nitrogens with zero attached hydrogens (tertiary/aromatic N) is 5. The maximum absolute atomic E-state index is 5.00. The summed E-state index contributed by atoms with van der Waals surface area (Å²) in [4.78, 5) is 15.2. The standard InChI is InChI=1S/C16H23N5O/c1-13-17-5-7-21(13)12-14-4-3-6-20(10-14)11-15-8-18-16(22-2)19-9-15/h5,7-9,14H,3-4,6,10-12H2,1-2H3/t14-/m0/s1. The molecule has 3 heterocycles. The van der Waals surface area contributed by atoms with Gasteiger partial charge in [0, 0.05) is 50.0 Å². The minimum absolute atomic E-state index is 0.427. The van der Waals surface area contributed by atoms with Crippen molar-refractivity contribution in [2.45, 2.75) is 32.9 Å². The number of aryl methyl sites for hydroxylation is 1. The number of hydrogen-bond acceptors (Lipinski definition) is 5. The summed E-state index contributed by atoms with van der Waals surface area (Å²) in [5.41, 5.74) is 1.14. The Morgan fingerprint density at radius 3 is 2.77 bits per heavy atom. The molecule has 1 saturated heterocycles. The molecule has 0 spiro atoms. The van der Waals surface area contributed by atoms with Crippen LogP contribution in [0.1, 0.15) is 24.2 Å². The van der Waals surface area contributed by atoms with Crippen LogP contribution in [0, 0.1) is 12.8 Å². The molecule has 3 rings (SSSR count). The fourth-order valence-corrected chi connectivity index (χ4v) is 3.11. The molecule has 6 nitrogen and oxygen atoms in total. The van der Waals surface area contributed by atoms with Crippen molar-refractivity contribution >= 4 is 0 Å². The summed E-state index contributed by atoms with van der Waals surface area (Å²) in [5, 5.41) is 0. The molecule has 118 valence electrons. The lowest BCUT2D eigenvalue weighted by Crippen LogP contribution is -2.36. The van der Waals surface area contributed by atoms with E-state index in [2.05, 4.69) is 37.5 Å².